The third-order valence-electron chi connectivity index (χ3n) is 3.96. The molecule has 0 saturated carbocycles. The van der Waals surface area contributed by atoms with Gasteiger partial charge >= 0.3 is 0 Å². The van der Waals surface area contributed by atoms with Crippen molar-refractivity contribution in [2.45, 2.75) is 26.8 Å². The Bertz CT molecular complexity index is 692. The molecule has 0 saturated heterocycles. The third-order valence-corrected chi connectivity index (χ3v) is 4.20. The maximum atomic E-state index is 12.6. The van der Waals surface area contributed by atoms with Crippen LogP contribution in [0.3, 0.4) is 0 Å². The van der Waals surface area contributed by atoms with Gasteiger partial charge in [-0.25, -0.2) is 0 Å². The van der Waals surface area contributed by atoms with E-state index in [1.165, 1.54) is 0 Å². The van der Waals surface area contributed by atoms with E-state index in [1.54, 1.807) is 6.07 Å². The SMILES string of the molecule is Cc1n[nH]c(C)c1CC(=O)N1CCOc2ccc(Cl)cc2C1. The van der Waals surface area contributed by atoms with E-state index in [-0.39, 0.29) is 5.91 Å². The summed E-state index contributed by atoms with van der Waals surface area (Å²) in [5, 5.41) is 7.71. The van der Waals surface area contributed by atoms with Crippen LogP contribution in [0.4, 0.5) is 0 Å². The van der Waals surface area contributed by atoms with Gasteiger partial charge in [-0.1, -0.05) is 11.6 Å². The maximum absolute atomic E-state index is 12.6. The minimum atomic E-state index is 0.0732. The van der Waals surface area contributed by atoms with E-state index < -0.39 is 0 Å². The number of fused-ring (bicyclic) bond motifs is 1. The molecule has 0 radical (unpaired) electrons. The van der Waals surface area contributed by atoms with Gasteiger partial charge in [0, 0.05) is 28.4 Å². The lowest BCUT2D eigenvalue weighted by Gasteiger charge is -2.20. The van der Waals surface area contributed by atoms with Crippen molar-refractivity contribution in [3.05, 3.63) is 45.7 Å². The van der Waals surface area contributed by atoms with Crippen LogP contribution < -0.4 is 4.74 Å². The number of H-pyrrole nitrogens is 1. The maximum Gasteiger partial charge on any atom is 0.227 e. The van der Waals surface area contributed by atoms with E-state index in [1.807, 2.05) is 30.9 Å². The molecule has 2 aromatic rings. The van der Waals surface area contributed by atoms with E-state index in [0.717, 1.165) is 28.3 Å². The molecular weight excluding hydrogens is 302 g/mol. The fourth-order valence-corrected chi connectivity index (χ4v) is 2.87. The smallest absolute Gasteiger partial charge is 0.227 e. The fraction of sp³-hybridized carbons (Fsp3) is 0.375. The zero-order chi connectivity index (χ0) is 15.7. The van der Waals surface area contributed by atoms with Gasteiger partial charge in [0.25, 0.3) is 0 Å². The summed E-state index contributed by atoms with van der Waals surface area (Å²) < 4.78 is 5.70. The number of amides is 1. The number of ether oxygens (including phenoxy) is 1. The van der Waals surface area contributed by atoms with Gasteiger partial charge in [0.2, 0.25) is 5.91 Å². The van der Waals surface area contributed by atoms with Gasteiger partial charge in [0.1, 0.15) is 12.4 Å². The number of benzene rings is 1. The number of aryl methyl sites for hydroxylation is 2. The first-order valence-corrected chi connectivity index (χ1v) is 7.62. The summed E-state index contributed by atoms with van der Waals surface area (Å²) in [7, 11) is 0. The highest BCUT2D eigenvalue weighted by Crippen LogP contribution is 2.26. The largest absolute Gasteiger partial charge is 0.491 e. The van der Waals surface area contributed by atoms with Gasteiger partial charge in [-0.2, -0.15) is 5.10 Å². The molecule has 1 aromatic carbocycles. The first kappa shape index (κ1) is 14.9. The van der Waals surface area contributed by atoms with Crippen LogP contribution in [0.15, 0.2) is 18.2 Å². The van der Waals surface area contributed by atoms with Crippen molar-refractivity contribution in [3.63, 3.8) is 0 Å². The summed E-state index contributed by atoms with van der Waals surface area (Å²) in [5.41, 5.74) is 3.74. The lowest BCUT2D eigenvalue weighted by molar-refractivity contribution is -0.131. The van der Waals surface area contributed by atoms with Gasteiger partial charge in [-0.15, -0.1) is 0 Å². The Hall–Kier alpha value is -2.01. The molecule has 2 heterocycles. The number of rotatable bonds is 2. The highest BCUT2D eigenvalue weighted by molar-refractivity contribution is 6.30. The summed E-state index contributed by atoms with van der Waals surface area (Å²) in [6.45, 7) is 5.42. The van der Waals surface area contributed by atoms with Gasteiger partial charge in [-0.05, 0) is 32.0 Å². The minimum Gasteiger partial charge on any atom is -0.491 e. The molecule has 0 atom stereocenters. The van der Waals surface area contributed by atoms with Gasteiger partial charge < -0.3 is 9.64 Å². The molecule has 0 fully saturated rings. The number of nitrogens with one attached hydrogen (secondary N) is 1. The number of carbonyl (C=O) groups is 1. The molecular formula is C16H18ClN3O2. The summed E-state index contributed by atoms with van der Waals surface area (Å²) in [4.78, 5) is 14.4. The van der Waals surface area contributed by atoms with E-state index in [9.17, 15) is 4.79 Å². The number of aromatic amines is 1. The second kappa shape index (κ2) is 6.01. The topological polar surface area (TPSA) is 58.2 Å². The standard InChI is InChI=1S/C16H18ClN3O2/c1-10-14(11(2)19-18-10)8-16(21)20-5-6-22-15-4-3-13(17)7-12(15)9-20/h3-4,7H,5-6,8-9H2,1-2H3,(H,18,19). The molecule has 1 aromatic heterocycles. The normalized spacial score (nSPS) is 14.2. The van der Waals surface area contributed by atoms with Crippen LogP contribution in [-0.2, 0) is 17.8 Å². The minimum absolute atomic E-state index is 0.0732. The molecule has 0 bridgehead atoms. The van der Waals surface area contributed by atoms with Crippen molar-refractivity contribution in [2.75, 3.05) is 13.2 Å². The number of hydrogen-bond acceptors (Lipinski definition) is 3. The predicted molar refractivity (Wildman–Crippen MR) is 84.1 cm³/mol. The average molecular weight is 320 g/mol. The molecule has 22 heavy (non-hydrogen) atoms. The molecule has 0 unspecified atom stereocenters. The van der Waals surface area contributed by atoms with Crippen LogP contribution in [-0.4, -0.2) is 34.2 Å². The summed E-state index contributed by atoms with van der Waals surface area (Å²) >= 11 is 6.04. The average Bonchev–Trinajstić information content (AvgIpc) is 2.71. The van der Waals surface area contributed by atoms with Crippen LogP contribution in [0.5, 0.6) is 5.75 Å². The van der Waals surface area contributed by atoms with E-state index >= 15 is 0 Å². The number of carbonyl (C=O) groups excluding carboxylic acids is 1. The fourth-order valence-electron chi connectivity index (χ4n) is 2.67. The molecule has 1 aliphatic heterocycles. The van der Waals surface area contributed by atoms with Crippen LogP contribution >= 0.6 is 11.6 Å². The third kappa shape index (κ3) is 2.95. The number of hydrogen-bond donors (Lipinski definition) is 1. The van der Waals surface area contributed by atoms with E-state index in [0.29, 0.717) is 31.1 Å². The highest BCUT2D eigenvalue weighted by atomic mass is 35.5. The monoisotopic (exact) mass is 319 g/mol. The molecule has 0 aliphatic carbocycles. The van der Waals surface area contributed by atoms with Crippen molar-refractivity contribution in [2.24, 2.45) is 0 Å². The zero-order valence-corrected chi connectivity index (χ0v) is 13.4. The Morgan fingerprint density at radius 2 is 2.27 bits per heavy atom. The lowest BCUT2D eigenvalue weighted by atomic mass is 10.1. The molecule has 116 valence electrons. The molecule has 1 amide bonds. The first-order chi connectivity index (χ1) is 10.5. The Balaban J connectivity index is 1.78. The second-order valence-corrected chi connectivity index (χ2v) is 5.94. The Morgan fingerprint density at radius 1 is 1.45 bits per heavy atom. The van der Waals surface area contributed by atoms with Crippen LogP contribution in [0.25, 0.3) is 0 Å². The summed E-state index contributed by atoms with van der Waals surface area (Å²) in [6, 6.07) is 5.52. The number of aromatic nitrogens is 2. The van der Waals surface area contributed by atoms with Gasteiger partial charge in [0.05, 0.1) is 18.7 Å². The molecule has 1 N–H and O–H groups in total. The number of halogens is 1. The molecule has 5 nitrogen and oxygen atoms in total. The summed E-state index contributed by atoms with van der Waals surface area (Å²) in [5.74, 6) is 0.874. The molecule has 1 aliphatic rings. The molecule has 3 rings (SSSR count). The summed E-state index contributed by atoms with van der Waals surface area (Å²) in [6.07, 6.45) is 0.351. The van der Waals surface area contributed by atoms with Crippen LogP contribution in [0, 0.1) is 13.8 Å². The number of nitrogens with zero attached hydrogens (tertiary/aromatic N) is 2. The van der Waals surface area contributed by atoms with Crippen molar-refractivity contribution in [1.82, 2.24) is 15.1 Å². The Labute approximate surface area is 134 Å². The highest BCUT2D eigenvalue weighted by Gasteiger charge is 2.22. The van der Waals surface area contributed by atoms with Crippen molar-refractivity contribution < 1.29 is 9.53 Å². The van der Waals surface area contributed by atoms with Crippen molar-refractivity contribution in [1.29, 1.82) is 0 Å². The van der Waals surface area contributed by atoms with Gasteiger partial charge in [-0.3, -0.25) is 9.89 Å². The molecule has 0 spiro atoms. The molecule has 6 heteroatoms. The van der Waals surface area contributed by atoms with Crippen LogP contribution in [0.1, 0.15) is 22.5 Å². The first-order valence-electron chi connectivity index (χ1n) is 7.24. The van der Waals surface area contributed by atoms with E-state index in [4.69, 9.17) is 16.3 Å². The van der Waals surface area contributed by atoms with Crippen molar-refractivity contribution in [3.8, 4) is 5.75 Å². The van der Waals surface area contributed by atoms with Gasteiger partial charge in [0.15, 0.2) is 0 Å². The Kier molecular flexibility index (Phi) is 4.07. The quantitative estimate of drug-likeness (QED) is 0.925. The predicted octanol–water partition coefficient (Wildman–Crippen LogP) is 2.64. The second-order valence-electron chi connectivity index (χ2n) is 5.51. The van der Waals surface area contributed by atoms with Crippen molar-refractivity contribution >= 4 is 17.5 Å². The van der Waals surface area contributed by atoms with E-state index in [2.05, 4.69) is 10.2 Å². The lowest BCUT2D eigenvalue weighted by Crippen LogP contribution is -2.33. The Morgan fingerprint density at radius 3 is 3.00 bits per heavy atom. The zero-order valence-electron chi connectivity index (χ0n) is 12.6. The van der Waals surface area contributed by atoms with Crippen LogP contribution in [0.2, 0.25) is 5.02 Å².